The van der Waals surface area contributed by atoms with Gasteiger partial charge >= 0.3 is 0 Å². The molecule has 0 aliphatic heterocycles. The van der Waals surface area contributed by atoms with Crippen LogP contribution in [0, 0.1) is 6.92 Å². The molecule has 0 bridgehead atoms. The monoisotopic (exact) mass is 309 g/mol. The van der Waals surface area contributed by atoms with Crippen molar-refractivity contribution < 1.29 is 4.42 Å². The molecule has 0 saturated carbocycles. The molecule has 3 rings (SSSR count). The Bertz CT molecular complexity index is 659. The van der Waals surface area contributed by atoms with E-state index in [4.69, 9.17) is 4.42 Å². The average molecular weight is 309 g/mol. The minimum atomic E-state index is 0.103. The molecule has 0 amide bonds. The Kier molecular flexibility index (Phi) is 3.67. The Labute approximate surface area is 122 Å². The molecule has 3 heterocycles. The van der Waals surface area contributed by atoms with Gasteiger partial charge in [0, 0.05) is 11.1 Å². The molecule has 0 aliphatic rings. The van der Waals surface area contributed by atoms with Crippen LogP contribution in [0.4, 0.5) is 0 Å². The lowest BCUT2D eigenvalue weighted by atomic mass is 10.5. The predicted molar refractivity (Wildman–Crippen MR) is 78.7 cm³/mol. The van der Waals surface area contributed by atoms with Crippen LogP contribution in [0.1, 0.15) is 23.8 Å². The maximum absolute atomic E-state index is 5.71. The quantitative estimate of drug-likeness (QED) is 0.668. The van der Waals surface area contributed by atoms with Crippen molar-refractivity contribution >= 4 is 34.4 Å². The van der Waals surface area contributed by atoms with Crippen molar-refractivity contribution in [2.45, 2.75) is 23.4 Å². The molecule has 1 atom stereocenters. The molecule has 0 saturated heterocycles. The Morgan fingerprint density at radius 2 is 2.21 bits per heavy atom. The molecule has 3 aromatic heterocycles. The molecule has 0 spiro atoms. The van der Waals surface area contributed by atoms with Crippen molar-refractivity contribution in [2.75, 3.05) is 0 Å². The lowest BCUT2D eigenvalue weighted by Crippen LogP contribution is -1.88. The van der Waals surface area contributed by atoms with Gasteiger partial charge in [-0.2, -0.15) is 0 Å². The van der Waals surface area contributed by atoms with E-state index >= 15 is 0 Å². The third-order valence-electron chi connectivity index (χ3n) is 2.40. The summed E-state index contributed by atoms with van der Waals surface area (Å²) in [7, 11) is 0. The van der Waals surface area contributed by atoms with E-state index in [1.54, 1.807) is 34.4 Å². The summed E-state index contributed by atoms with van der Waals surface area (Å²) in [5.41, 5.74) is 1.05. The second-order valence-corrected chi connectivity index (χ2v) is 7.33. The maximum atomic E-state index is 5.71. The van der Waals surface area contributed by atoms with Crippen LogP contribution < -0.4 is 0 Å². The minimum absolute atomic E-state index is 0.103. The summed E-state index contributed by atoms with van der Waals surface area (Å²) in [5.74, 6) is 1.23. The van der Waals surface area contributed by atoms with Gasteiger partial charge < -0.3 is 4.42 Å². The van der Waals surface area contributed by atoms with Gasteiger partial charge in [0.05, 0.1) is 10.1 Å². The van der Waals surface area contributed by atoms with E-state index in [-0.39, 0.29) is 5.25 Å². The summed E-state index contributed by atoms with van der Waals surface area (Å²) in [6.07, 6.45) is 0. The lowest BCUT2D eigenvalue weighted by Gasteiger charge is -2.02. The molecule has 1 unspecified atom stereocenters. The zero-order valence-corrected chi connectivity index (χ0v) is 12.8. The van der Waals surface area contributed by atoms with Gasteiger partial charge in [-0.25, -0.2) is 4.98 Å². The number of nitrogens with zero attached hydrogens (tertiary/aromatic N) is 3. The topological polar surface area (TPSA) is 51.8 Å². The van der Waals surface area contributed by atoms with Crippen molar-refractivity contribution in [3.05, 3.63) is 34.5 Å². The maximum Gasteiger partial charge on any atom is 0.257 e. The first-order valence-electron chi connectivity index (χ1n) is 5.68. The van der Waals surface area contributed by atoms with E-state index in [1.807, 2.05) is 36.7 Å². The number of aromatic nitrogens is 3. The van der Waals surface area contributed by atoms with E-state index in [0.717, 1.165) is 14.9 Å². The average Bonchev–Trinajstić information content (AvgIpc) is 3.08. The van der Waals surface area contributed by atoms with Gasteiger partial charge in [0.2, 0.25) is 5.89 Å². The van der Waals surface area contributed by atoms with Crippen LogP contribution >= 0.6 is 34.4 Å². The second kappa shape index (κ2) is 5.44. The van der Waals surface area contributed by atoms with Crippen molar-refractivity contribution in [3.8, 4) is 10.8 Å². The number of thiophene rings is 1. The molecule has 0 N–H and O–H groups in total. The number of rotatable bonds is 4. The molecule has 19 heavy (non-hydrogen) atoms. The van der Waals surface area contributed by atoms with E-state index in [2.05, 4.69) is 15.2 Å². The SMILES string of the molecule is Cc1csc(SC(C)c2nnc(-c3cccs3)o2)n1. The van der Waals surface area contributed by atoms with E-state index < -0.39 is 0 Å². The minimum Gasteiger partial charge on any atom is -0.419 e. The Balaban J connectivity index is 1.75. The molecule has 0 aromatic carbocycles. The van der Waals surface area contributed by atoms with Crippen molar-refractivity contribution in [3.63, 3.8) is 0 Å². The summed E-state index contributed by atoms with van der Waals surface area (Å²) in [6, 6.07) is 3.95. The summed E-state index contributed by atoms with van der Waals surface area (Å²) in [6.45, 7) is 4.04. The highest BCUT2D eigenvalue weighted by Crippen LogP contribution is 2.36. The third kappa shape index (κ3) is 2.88. The predicted octanol–water partition coefficient (Wildman–Crippen LogP) is 4.42. The van der Waals surface area contributed by atoms with Crippen molar-refractivity contribution in [2.24, 2.45) is 0 Å². The first-order valence-corrected chi connectivity index (χ1v) is 8.32. The summed E-state index contributed by atoms with van der Waals surface area (Å²) in [4.78, 5) is 5.43. The smallest absolute Gasteiger partial charge is 0.257 e. The van der Waals surface area contributed by atoms with Gasteiger partial charge in [-0.15, -0.1) is 32.9 Å². The fourth-order valence-corrected chi connectivity index (χ4v) is 4.15. The zero-order valence-electron chi connectivity index (χ0n) is 10.4. The van der Waals surface area contributed by atoms with Gasteiger partial charge in [0.25, 0.3) is 5.89 Å². The Morgan fingerprint density at radius 1 is 1.32 bits per heavy atom. The van der Waals surface area contributed by atoms with Crippen LogP contribution in [-0.4, -0.2) is 15.2 Å². The summed E-state index contributed by atoms with van der Waals surface area (Å²) >= 11 is 4.88. The second-order valence-electron chi connectivity index (χ2n) is 3.94. The fourth-order valence-electron chi connectivity index (χ4n) is 1.49. The van der Waals surface area contributed by atoms with Crippen LogP contribution in [0.15, 0.2) is 31.6 Å². The van der Waals surface area contributed by atoms with Gasteiger partial charge in [0.15, 0.2) is 4.34 Å². The third-order valence-corrected chi connectivity index (χ3v) is 5.43. The van der Waals surface area contributed by atoms with E-state index in [1.165, 1.54) is 0 Å². The summed E-state index contributed by atoms with van der Waals surface area (Å²) in [5, 5.41) is 12.4. The number of aryl methyl sites for hydroxylation is 1. The first kappa shape index (κ1) is 12.8. The highest BCUT2D eigenvalue weighted by Gasteiger charge is 2.17. The number of thiazole rings is 1. The highest BCUT2D eigenvalue weighted by atomic mass is 32.2. The largest absolute Gasteiger partial charge is 0.419 e. The molecular formula is C12H11N3OS3. The lowest BCUT2D eigenvalue weighted by molar-refractivity contribution is 0.510. The zero-order chi connectivity index (χ0) is 13.2. The van der Waals surface area contributed by atoms with Crippen LogP contribution in [0.2, 0.25) is 0 Å². The van der Waals surface area contributed by atoms with E-state index in [9.17, 15) is 0 Å². The van der Waals surface area contributed by atoms with Crippen LogP contribution in [-0.2, 0) is 0 Å². The first-order chi connectivity index (χ1) is 9.22. The van der Waals surface area contributed by atoms with Crippen LogP contribution in [0.25, 0.3) is 10.8 Å². The van der Waals surface area contributed by atoms with Crippen molar-refractivity contribution in [1.82, 2.24) is 15.2 Å². The molecule has 0 fully saturated rings. The molecule has 4 nitrogen and oxygen atoms in total. The molecule has 0 radical (unpaired) electrons. The van der Waals surface area contributed by atoms with Gasteiger partial charge in [-0.05, 0) is 25.3 Å². The fraction of sp³-hybridized carbons (Fsp3) is 0.250. The molecule has 7 heteroatoms. The van der Waals surface area contributed by atoms with Crippen LogP contribution in [0.3, 0.4) is 0 Å². The normalized spacial score (nSPS) is 12.7. The summed E-state index contributed by atoms with van der Waals surface area (Å²) < 4.78 is 6.74. The molecule has 0 aliphatic carbocycles. The van der Waals surface area contributed by atoms with Gasteiger partial charge in [-0.3, -0.25) is 0 Å². The van der Waals surface area contributed by atoms with E-state index in [0.29, 0.717) is 11.8 Å². The van der Waals surface area contributed by atoms with Crippen LogP contribution in [0.5, 0.6) is 0 Å². The number of hydrogen-bond acceptors (Lipinski definition) is 7. The molecule has 98 valence electrons. The van der Waals surface area contributed by atoms with Crippen molar-refractivity contribution in [1.29, 1.82) is 0 Å². The standard InChI is InChI=1S/C12H11N3OS3/c1-7-6-18-12(13-7)19-8(2)10-14-15-11(16-10)9-4-3-5-17-9/h3-6,8H,1-2H3. The molecular weight excluding hydrogens is 298 g/mol. The Morgan fingerprint density at radius 3 is 2.89 bits per heavy atom. The van der Waals surface area contributed by atoms with Gasteiger partial charge in [0.1, 0.15) is 0 Å². The number of hydrogen-bond donors (Lipinski definition) is 0. The molecule has 3 aromatic rings. The van der Waals surface area contributed by atoms with Gasteiger partial charge in [-0.1, -0.05) is 17.8 Å². The Hall–Kier alpha value is -1.18. The number of thioether (sulfide) groups is 1. The highest BCUT2D eigenvalue weighted by molar-refractivity contribution is 8.01.